The number of phenolic OH excluding ortho intramolecular Hbond substituents is 2. The lowest BCUT2D eigenvalue weighted by Crippen LogP contribution is -2.71. The molecule has 2 aromatic carbocycles. The number of nitrogens with zero attached hydrogens (tertiary/aromatic N) is 1. The number of carbonyl (C=O) groups excluding carboxylic acids is 4. The van der Waals surface area contributed by atoms with Gasteiger partial charge in [-0.25, -0.2) is 0 Å². The van der Waals surface area contributed by atoms with Crippen molar-refractivity contribution in [1.82, 2.24) is 5.48 Å². The molecule has 0 heterocycles. The molecule has 0 aliphatic heterocycles. The largest absolute Gasteiger partial charge is 0.507 e. The number of benzene rings is 2. The SMILES string of the molecule is CN(C)c1ccc(O)c2c(O)c3c(cc12)CC1C(NO)C(=O)C(C(N)=O)C(=O)C1(O)C3=O. The zero-order valence-corrected chi connectivity index (χ0v) is 17.1. The Kier molecular flexibility index (Phi) is 4.73. The molecule has 2 aliphatic rings. The number of ketones is 3. The number of hydrogen-bond donors (Lipinski definition) is 6. The van der Waals surface area contributed by atoms with Gasteiger partial charge in [-0.2, -0.15) is 5.48 Å². The molecule has 4 rings (SSSR count). The Morgan fingerprint density at radius 2 is 1.88 bits per heavy atom. The van der Waals surface area contributed by atoms with Gasteiger partial charge in [0.15, 0.2) is 23.1 Å². The number of amides is 1. The van der Waals surface area contributed by atoms with E-state index < -0.39 is 58.0 Å². The minimum absolute atomic E-state index is 0.0621. The van der Waals surface area contributed by atoms with Crippen molar-refractivity contribution < 1.29 is 39.7 Å². The predicted molar refractivity (Wildman–Crippen MR) is 109 cm³/mol. The van der Waals surface area contributed by atoms with Gasteiger partial charge in [0.2, 0.25) is 11.7 Å². The summed E-state index contributed by atoms with van der Waals surface area (Å²) in [6, 6.07) is 2.81. The van der Waals surface area contributed by atoms with Crippen LogP contribution in [0.1, 0.15) is 15.9 Å². The minimum atomic E-state index is -2.90. The molecule has 11 nitrogen and oxygen atoms in total. The number of nitrogens with one attached hydrogen (secondary N) is 1. The first-order valence-corrected chi connectivity index (χ1v) is 9.68. The van der Waals surface area contributed by atoms with Crippen molar-refractivity contribution in [2.75, 3.05) is 19.0 Å². The first-order chi connectivity index (χ1) is 15.0. The second kappa shape index (κ2) is 6.99. The number of Topliss-reactive ketones (excluding diaryl/α,β-unsaturated/α-hetero) is 3. The fraction of sp³-hybridized carbons (Fsp3) is 0.333. The third-order valence-corrected chi connectivity index (χ3v) is 6.40. The standard InChI is InChI=1S/C21H21N3O8/c1-24(2)10-3-4-11(25)13-8(10)5-7-6-9-15(23-32)17(27)14(20(22)30)19(29)21(9,31)18(28)12(7)16(13)26/h3-5,9,14-15,23,25-26,31-32H,6H2,1-2H3,(H2,22,30). The summed E-state index contributed by atoms with van der Waals surface area (Å²) in [5.41, 5.74) is 4.33. The van der Waals surface area contributed by atoms with E-state index in [2.05, 4.69) is 0 Å². The first-order valence-electron chi connectivity index (χ1n) is 9.68. The van der Waals surface area contributed by atoms with Gasteiger partial charge < -0.3 is 31.2 Å². The fourth-order valence-electron chi connectivity index (χ4n) is 4.87. The van der Waals surface area contributed by atoms with Gasteiger partial charge in [-0.3, -0.25) is 19.2 Å². The van der Waals surface area contributed by atoms with E-state index in [4.69, 9.17) is 5.73 Å². The van der Waals surface area contributed by atoms with Crippen molar-refractivity contribution in [2.24, 2.45) is 17.6 Å². The van der Waals surface area contributed by atoms with E-state index >= 15 is 0 Å². The summed E-state index contributed by atoms with van der Waals surface area (Å²) in [7, 11) is 3.47. The number of hydrogen-bond acceptors (Lipinski definition) is 10. The first kappa shape index (κ1) is 21.7. The van der Waals surface area contributed by atoms with Crippen LogP contribution in [-0.4, -0.2) is 69.5 Å². The van der Waals surface area contributed by atoms with Crippen molar-refractivity contribution in [3.63, 3.8) is 0 Å². The Hall–Kier alpha value is -3.54. The molecule has 4 atom stereocenters. The Bertz CT molecular complexity index is 1220. The van der Waals surface area contributed by atoms with Crippen molar-refractivity contribution in [3.8, 4) is 11.5 Å². The van der Waals surface area contributed by atoms with Gasteiger partial charge in [0.1, 0.15) is 11.5 Å². The molecule has 7 N–H and O–H groups in total. The average molecular weight is 443 g/mol. The lowest BCUT2D eigenvalue weighted by molar-refractivity contribution is -0.162. The zero-order chi connectivity index (χ0) is 23.7. The number of aliphatic hydroxyl groups is 1. The summed E-state index contributed by atoms with van der Waals surface area (Å²) in [5, 5.41) is 42.4. The monoisotopic (exact) mass is 443 g/mol. The van der Waals surface area contributed by atoms with Crippen LogP contribution in [0, 0.1) is 11.8 Å². The molecule has 32 heavy (non-hydrogen) atoms. The van der Waals surface area contributed by atoms with Crippen molar-refractivity contribution in [1.29, 1.82) is 0 Å². The summed E-state index contributed by atoms with van der Waals surface area (Å²) >= 11 is 0. The highest BCUT2D eigenvalue weighted by molar-refractivity contribution is 6.33. The second-order valence-corrected chi connectivity index (χ2v) is 8.29. The predicted octanol–water partition coefficient (Wildman–Crippen LogP) is -0.996. The highest BCUT2D eigenvalue weighted by Crippen LogP contribution is 2.48. The van der Waals surface area contributed by atoms with Crippen LogP contribution in [0.3, 0.4) is 0 Å². The molecule has 1 fully saturated rings. The molecule has 0 bridgehead atoms. The maximum atomic E-state index is 13.4. The number of nitrogens with two attached hydrogens (primary N) is 1. The number of primary amides is 1. The minimum Gasteiger partial charge on any atom is -0.507 e. The Morgan fingerprint density at radius 3 is 2.44 bits per heavy atom. The highest BCUT2D eigenvalue weighted by Gasteiger charge is 2.65. The number of phenols is 2. The number of fused-ring (bicyclic) bond motifs is 3. The van der Waals surface area contributed by atoms with E-state index in [1.807, 2.05) is 0 Å². The molecule has 1 saturated carbocycles. The van der Waals surface area contributed by atoms with Crippen molar-refractivity contribution >= 4 is 39.7 Å². The Balaban J connectivity index is 2.03. The number of hydroxylamine groups is 1. The highest BCUT2D eigenvalue weighted by atomic mass is 16.5. The second-order valence-electron chi connectivity index (χ2n) is 8.29. The fourth-order valence-corrected chi connectivity index (χ4v) is 4.87. The molecule has 1 amide bonds. The summed E-state index contributed by atoms with van der Waals surface area (Å²) in [5.74, 6) is -9.68. The molecule has 0 aromatic heterocycles. The summed E-state index contributed by atoms with van der Waals surface area (Å²) < 4.78 is 0. The molecule has 168 valence electrons. The quantitative estimate of drug-likeness (QED) is 0.253. The molecule has 4 unspecified atom stereocenters. The third kappa shape index (κ3) is 2.58. The number of carbonyl (C=O) groups is 4. The maximum Gasteiger partial charge on any atom is 0.235 e. The number of rotatable bonds is 3. The summed E-state index contributed by atoms with van der Waals surface area (Å²) in [6.45, 7) is 0. The van der Waals surface area contributed by atoms with Gasteiger partial charge in [0, 0.05) is 31.1 Å². The molecule has 11 heteroatoms. The molecule has 0 spiro atoms. The van der Waals surface area contributed by atoms with E-state index in [-0.39, 0.29) is 23.1 Å². The third-order valence-electron chi connectivity index (χ3n) is 6.40. The van der Waals surface area contributed by atoms with Crippen LogP contribution in [0.25, 0.3) is 10.8 Å². The van der Waals surface area contributed by atoms with E-state index in [0.717, 1.165) is 0 Å². The van der Waals surface area contributed by atoms with Gasteiger partial charge in [0.25, 0.3) is 0 Å². The van der Waals surface area contributed by atoms with E-state index in [0.29, 0.717) is 11.1 Å². The van der Waals surface area contributed by atoms with Crippen LogP contribution >= 0.6 is 0 Å². The lowest BCUT2D eigenvalue weighted by atomic mass is 9.58. The van der Waals surface area contributed by atoms with Crippen molar-refractivity contribution in [3.05, 3.63) is 29.3 Å². The van der Waals surface area contributed by atoms with Gasteiger partial charge in [-0.05, 0) is 30.2 Å². The van der Waals surface area contributed by atoms with Crippen LogP contribution in [0.4, 0.5) is 5.69 Å². The van der Waals surface area contributed by atoms with E-state index in [1.165, 1.54) is 12.1 Å². The Morgan fingerprint density at radius 1 is 1.22 bits per heavy atom. The van der Waals surface area contributed by atoms with Gasteiger partial charge in [0.05, 0.1) is 17.0 Å². The lowest BCUT2D eigenvalue weighted by Gasteiger charge is -2.46. The average Bonchev–Trinajstić information content (AvgIpc) is 2.70. The van der Waals surface area contributed by atoms with Gasteiger partial charge >= 0.3 is 0 Å². The molecule has 0 radical (unpaired) electrons. The molecular weight excluding hydrogens is 422 g/mol. The smallest absolute Gasteiger partial charge is 0.235 e. The van der Waals surface area contributed by atoms with Gasteiger partial charge in [-0.1, -0.05) is 0 Å². The summed E-state index contributed by atoms with van der Waals surface area (Å²) in [4.78, 5) is 52.5. The Labute approximate surface area is 181 Å². The van der Waals surface area contributed by atoms with Gasteiger partial charge in [-0.15, -0.1) is 0 Å². The van der Waals surface area contributed by atoms with Crippen LogP contribution in [0.5, 0.6) is 11.5 Å². The van der Waals surface area contributed by atoms with Crippen LogP contribution in [-0.2, 0) is 20.8 Å². The van der Waals surface area contributed by atoms with Crippen molar-refractivity contribution in [2.45, 2.75) is 18.1 Å². The topological polar surface area (TPSA) is 190 Å². The van der Waals surface area contributed by atoms with Crippen LogP contribution in [0.2, 0.25) is 0 Å². The van der Waals surface area contributed by atoms with E-state index in [1.54, 1.807) is 30.5 Å². The molecule has 2 aromatic rings. The zero-order valence-electron chi connectivity index (χ0n) is 17.1. The van der Waals surface area contributed by atoms with Crippen LogP contribution in [0.15, 0.2) is 18.2 Å². The number of aromatic hydroxyl groups is 2. The molecular formula is C21H21N3O8. The normalized spacial score (nSPS) is 27.2. The van der Waals surface area contributed by atoms with Crippen LogP contribution < -0.4 is 16.1 Å². The molecule has 2 aliphatic carbocycles. The molecule has 0 saturated heterocycles. The number of anilines is 1. The maximum absolute atomic E-state index is 13.4. The summed E-state index contributed by atoms with van der Waals surface area (Å²) in [6.07, 6.45) is -0.273. The van der Waals surface area contributed by atoms with E-state index in [9.17, 15) is 39.7 Å².